The molecule has 84 heavy (non-hydrogen) atoms. The van der Waals surface area contributed by atoms with Crippen LogP contribution in [0.4, 0.5) is 17.1 Å². The molecule has 5 aromatic carbocycles. The van der Waals surface area contributed by atoms with E-state index in [4.69, 9.17) is 31.9 Å². The average molecular weight is 1240 g/mol. The second-order valence-electron chi connectivity index (χ2n) is 19.6. The number of phosphoric acid groups is 3. The van der Waals surface area contributed by atoms with Gasteiger partial charge in [-0.05, 0) is 121 Å². The van der Waals surface area contributed by atoms with Crippen LogP contribution in [0, 0.1) is 40.7 Å². The van der Waals surface area contributed by atoms with E-state index in [9.17, 15) is 52.9 Å². The molecule has 5 aromatic rings. The molecule has 1 aliphatic heterocycles. The zero-order valence-electron chi connectivity index (χ0n) is 47.3. The molecule has 0 spiro atoms. The highest BCUT2D eigenvalue weighted by Gasteiger charge is 2.38. The van der Waals surface area contributed by atoms with E-state index < -0.39 is 72.6 Å². The number of nitrogens with zero attached hydrogens (tertiary/aromatic N) is 4. The summed E-state index contributed by atoms with van der Waals surface area (Å²) in [7, 11) is -6.40. The summed E-state index contributed by atoms with van der Waals surface area (Å²) in [5, 5.41) is 12.3. The van der Waals surface area contributed by atoms with Crippen molar-refractivity contribution < 1.29 is 79.6 Å². The van der Waals surface area contributed by atoms with Gasteiger partial charge in [-0.25, -0.2) is 13.7 Å². The molecule has 22 nitrogen and oxygen atoms in total. The van der Waals surface area contributed by atoms with E-state index in [1.54, 1.807) is 19.1 Å². The molecule has 2 amide bonds. The normalized spacial score (nSPS) is 15.3. The summed E-state index contributed by atoms with van der Waals surface area (Å²) >= 11 is 1.39. The van der Waals surface area contributed by atoms with Crippen LogP contribution >= 0.6 is 35.2 Å². The molecule has 1 fully saturated rings. The molecule has 0 radical (unpaired) electrons. The van der Waals surface area contributed by atoms with Crippen LogP contribution in [0.2, 0.25) is 0 Å². The minimum absolute atomic E-state index is 0.0186. The first kappa shape index (κ1) is 66.9. The van der Waals surface area contributed by atoms with Crippen LogP contribution in [0.25, 0.3) is 10.8 Å². The number of hydrogen-bond acceptors (Lipinski definition) is 18. The number of unbranched alkanes of at least 4 members (excludes halogenated alkanes) is 5. The first-order chi connectivity index (χ1) is 40.0. The lowest BCUT2D eigenvalue weighted by molar-refractivity contribution is -0.385. The van der Waals surface area contributed by atoms with Crippen LogP contribution in [-0.4, -0.2) is 121 Å². The maximum Gasteiger partial charge on any atom is 0.472 e. The third kappa shape index (κ3) is 21.7. The van der Waals surface area contributed by atoms with E-state index in [-0.39, 0.29) is 49.2 Å². The maximum absolute atomic E-state index is 13.2. The van der Waals surface area contributed by atoms with Gasteiger partial charge in [-0.1, -0.05) is 73.3 Å². The van der Waals surface area contributed by atoms with Crippen molar-refractivity contribution >= 4 is 80.8 Å². The van der Waals surface area contributed by atoms with Crippen molar-refractivity contribution in [1.82, 2.24) is 4.90 Å². The van der Waals surface area contributed by atoms with Gasteiger partial charge in [-0.15, -0.1) is 11.8 Å². The van der Waals surface area contributed by atoms with Crippen LogP contribution in [0.5, 0.6) is 5.75 Å². The second kappa shape index (κ2) is 32.3. The number of phosphoric ester groups is 3. The molecular formula is C58H69N4O18P3S. The minimum Gasteiger partial charge on any atom is -0.419 e. The van der Waals surface area contributed by atoms with Crippen molar-refractivity contribution in [3.05, 3.63) is 141 Å². The highest BCUT2D eigenvalue weighted by Crippen LogP contribution is 2.47. The summed E-state index contributed by atoms with van der Waals surface area (Å²) in [6, 6.07) is 29.0. The molecule has 1 aliphatic rings. The number of likely N-dealkylation sites (tertiary alicyclic amines) is 1. The number of rotatable bonds is 32. The van der Waals surface area contributed by atoms with Crippen molar-refractivity contribution in [3.63, 3.8) is 0 Å². The van der Waals surface area contributed by atoms with Crippen molar-refractivity contribution in [2.24, 2.45) is 0 Å². The molecule has 4 atom stereocenters. The average Bonchev–Trinajstić information content (AvgIpc) is 2.16. The monoisotopic (exact) mass is 1230 g/mol. The molecule has 26 heteroatoms. The fourth-order valence-electron chi connectivity index (χ4n) is 8.36. The van der Waals surface area contributed by atoms with Gasteiger partial charge < -0.3 is 29.2 Å². The van der Waals surface area contributed by atoms with Crippen LogP contribution in [0.3, 0.4) is 0 Å². The van der Waals surface area contributed by atoms with Crippen LogP contribution in [0.1, 0.15) is 91.2 Å². The van der Waals surface area contributed by atoms with E-state index in [1.165, 1.54) is 28.8 Å². The number of anilines is 2. The van der Waals surface area contributed by atoms with E-state index in [2.05, 4.69) is 23.7 Å². The number of imide groups is 1. The third-order valence-electron chi connectivity index (χ3n) is 12.7. The number of thioether (sulfide) groups is 1. The van der Waals surface area contributed by atoms with Gasteiger partial charge in [0, 0.05) is 87.3 Å². The van der Waals surface area contributed by atoms with E-state index in [0.717, 1.165) is 33.3 Å². The predicted molar refractivity (Wildman–Crippen MR) is 319 cm³/mol. The predicted octanol–water partition coefficient (Wildman–Crippen LogP) is 10.5. The minimum atomic E-state index is -4.81. The van der Waals surface area contributed by atoms with Gasteiger partial charge >= 0.3 is 35.1 Å². The SMILES string of the molecule is Cc1ccc(OC(=O)CCCCCN2C(=O)CC(SCCCCCCOP(=O)(O)OCCOP(=O)(O)OCCOP(=O)(O)OCc3cc(C#Cc4ccc(N(C)C)cc4)c4ccccc4c3C#Cc3ccc(N(C)C)cc3)C2=O)c([N+](=O)[O-])c1. The number of hydrogen-bond donors (Lipinski definition) is 3. The van der Waals surface area contributed by atoms with Crippen LogP contribution in [-0.2, 0) is 61.8 Å². The Kier molecular flexibility index (Phi) is 25.7. The van der Waals surface area contributed by atoms with Gasteiger partial charge in [-0.3, -0.25) is 56.5 Å². The van der Waals surface area contributed by atoms with Gasteiger partial charge in [0.05, 0.1) is 49.8 Å². The summed E-state index contributed by atoms with van der Waals surface area (Å²) < 4.78 is 73.2. The van der Waals surface area contributed by atoms with E-state index >= 15 is 0 Å². The zero-order chi connectivity index (χ0) is 60.9. The molecule has 1 saturated heterocycles. The number of esters is 1. The summed E-state index contributed by atoms with van der Waals surface area (Å²) in [6.45, 7) is -1.30. The largest absolute Gasteiger partial charge is 0.472 e. The fraction of sp³-hybridized carbons (Fsp3) is 0.397. The van der Waals surface area contributed by atoms with E-state index in [1.807, 2.05) is 111 Å². The number of fused-ring (bicyclic) bond motifs is 1. The lowest BCUT2D eigenvalue weighted by Crippen LogP contribution is -2.32. The molecule has 0 bridgehead atoms. The molecule has 0 aliphatic carbocycles. The second-order valence-corrected chi connectivity index (χ2v) is 25.3. The number of amides is 2. The van der Waals surface area contributed by atoms with Gasteiger partial charge in [0.25, 0.3) is 0 Å². The molecule has 3 N–H and O–H groups in total. The number of benzene rings is 5. The quantitative estimate of drug-likeness (QED) is 0.00527. The number of carbonyl (C=O) groups excluding carboxylic acids is 3. The van der Waals surface area contributed by atoms with Crippen molar-refractivity contribution in [1.29, 1.82) is 0 Å². The number of ether oxygens (including phenoxy) is 1. The first-order valence-corrected chi connectivity index (χ1v) is 32.4. The zero-order valence-corrected chi connectivity index (χ0v) is 50.8. The highest BCUT2D eigenvalue weighted by molar-refractivity contribution is 8.00. The summed E-state index contributed by atoms with van der Waals surface area (Å²) in [5.41, 5.74) is 5.49. The number of carbonyl (C=O) groups is 3. The molecule has 1 heterocycles. The topological polar surface area (TPSA) is 281 Å². The Hall–Kier alpha value is -6.23. The molecule has 4 unspecified atom stereocenters. The molecule has 0 saturated carbocycles. The Bertz CT molecular complexity index is 3380. The Balaban J connectivity index is 0.855. The molecular weight excluding hydrogens is 1170 g/mol. The number of nitro benzene ring substituents is 1. The maximum atomic E-state index is 13.2. The lowest BCUT2D eigenvalue weighted by atomic mass is 9.94. The lowest BCUT2D eigenvalue weighted by Gasteiger charge is -2.16. The van der Waals surface area contributed by atoms with Crippen molar-refractivity contribution in [3.8, 4) is 29.4 Å². The standard InChI is InChI=1S/C58H69N4O18P3S/c1-43-18-31-54(53(39-43)62(66)67)80-57(64)17-9-8-12-32-61-56(63)41-55(58(61)65)84-38-14-7-6-13-33-74-81(68,69)75-34-35-76-82(70,71)77-36-37-78-83(72,73)79-42-47-40-46(25-19-44-20-26-48(27-21-44)59(2)3)50-15-10-11-16-52(50)51(47)30-24-45-22-28-49(29-23-45)60(4)5/h10-11,15-16,18,20-23,26-29,31,39-40,55H,6-9,12-14,17,32-38,41-42H2,1-5H3,(H,68,69)(H,70,71)(H,72,73). The Labute approximate surface area is 493 Å². The number of nitro groups is 1. The third-order valence-corrected chi connectivity index (χ3v) is 17.0. The first-order valence-electron chi connectivity index (χ1n) is 26.9. The van der Waals surface area contributed by atoms with Gasteiger partial charge in [0.1, 0.15) is 0 Å². The van der Waals surface area contributed by atoms with Crippen LogP contribution < -0.4 is 14.5 Å². The molecule has 450 valence electrons. The van der Waals surface area contributed by atoms with Gasteiger partial charge in [0.2, 0.25) is 17.6 Å². The Morgan fingerprint density at radius 2 is 1.20 bits per heavy atom. The van der Waals surface area contributed by atoms with Crippen molar-refractivity contribution in [2.45, 2.75) is 76.6 Å². The van der Waals surface area contributed by atoms with Gasteiger partial charge in [0.15, 0.2) is 0 Å². The van der Waals surface area contributed by atoms with Gasteiger partial charge in [-0.2, -0.15) is 0 Å². The molecule has 0 aromatic heterocycles. The Morgan fingerprint density at radius 1 is 0.667 bits per heavy atom. The molecule has 6 rings (SSSR count). The summed E-state index contributed by atoms with van der Waals surface area (Å²) in [4.78, 5) is 84.6. The Morgan fingerprint density at radius 3 is 1.79 bits per heavy atom. The fourth-order valence-corrected chi connectivity index (χ4v) is 11.7. The summed E-state index contributed by atoms with van der Waals surface area (Å²) in [5.74, 6) is 12.2. The van der Waals surface area contributed by atoms with E-state index in [0.29, 0.717) is 73.0 Å². The number of aryl methyl sites for hydroxylation is 1. The smallest absolute Gasteiger partial charge is 0.419 e. The van der Waals surface area contributed by atoms with Crippen molar-refractivity contribution in [2.75, 3.05) is 83.3 Å². The highest BCUT2D eigenvalue weighted by atomic mass is 32.2. The van der Waals surface area contributed by atoms with Crippen LogP contribution in [0.15, 0.2) is 97.1 Å². The summed E-state index contributed by atoms with van der Waals surface area (Å²) in [6.07, 6.45) is 3.98.